The van der Waals surface area contributed by atoms with E-state index in [9.17, 15) is 4.39 Å². The van der Waals surface area contributed by atoms with Crippen molar-refractivity contribution in [3.05, 3.63) is 58.1 Å². The zero-order valence-electron chi connectivity index (χ0n) is 15.5. The molecule has 0 spiro atoms. The van der Waals surface area contributed by atoms with Crippen LogP contribution in [-0.4, -0.2) is 41.1 Å². The number of amidine groups is 1. The van der Waals surface area contributed by atoms with Gasteiger partial charge in [-0.25, -0.2) is 4.39 Å². The minimum absolute atomic E-state index is 0.0454. The Kier molecular flexibility index (Phi) is 7.77. The van der Waals surface area contributed by atoms with E-state index in [1.807, 2.05) is 19.1 Å². The van der Waals surface area contributed by atoms with Crippen molar-refractivity contribution in [1.82, 2.24) is 9.88 Å². The van der Waals surface area contributed by atoms with E-state index in [0.717, 1.165) is 36.8 Å². The Morgan fingerprint density at radius 2 is 2.11 bits per heavy atom. The first-order chi connectivity index (χ1) is 12.8. The zero-order valence-corrected chi connectivity index (χ0v) is 17.3. The van der Waals surface area contributed by atoms with E-state index < -0.39 is 5.82 Å². The summed E-state index contributed by atoms with van der Waals surface area (Å²) >= 11 is 9.57. The fraction of sp³-hybridized carbons (Fsp3) is 0.316. The molecule has 0 unspecified atom stereocenters. The van der Waals surface area contributed by atoms with Gasteiger partial charge in [0.05, 0.1) is 23.8 Å². The van der Waals surface area contributed by atoms with Crippen LogP contribution in [-0.2, 0) is 19.0 Å². The third kappa shape index (κ3) is 6.30. The second kappa shape index (κ2) is 9.82. The topological polar surface area (TPSA) is 61.6 Å². The molecule has 144 valence electrons. The molecular weight excluding hydrogens is 387 g/mol. The lowest BCUT2D eigenvalue weighted by molar-refractivity contribution is 0.357. The summed E-state index contributed by atoms with van der Waals surface area (Å²) in [6.07, 6.45) is 3.31. The number of nitrogens with one attached hydrogen (secondary N) is 1. The summed E-state index contributed by atoms with van der Waals surface area (Å²) in [6, 6.07) is 4.90. The van der Waals surface area contributed by atoms with Gasteiger partial charge in [-0.1, -0.05) is 18.5 Å². The van der Waals surface area contributed by atoms with E-state index in [0.29, 0.717) is 10.8 Å². The van der Waals surface area contributed by atoms with Crippen molar-refractivity contribution in [1.29, 1.82) is 5.41 Å². The molecule has 1 aromatic carbocycles. The van der Waals surface area contributed by atoms with Crippen LogP contribution in [0.5, 0.6) is 5.75 Å². The van der Waals surface area contributed by atoms with Crippen LogP contribution >= 0.6 is 11.6 Å². The standard InChI is InChI=1S/C19H22ClFN4OS/c1-4-25(3)6-5-13-9-16(20)17(7-12(13)2)26-19(27)24-18(22)14-8-15(21)11-23-10-14/h7-11H,4-6H2,1-3H3,(H2,22,24,27)/p+1. The number of nitrogens with zero attached hydrogens (tertiary/aromatic N) is 3. The molecule has 2 rings (SSSR count). The van der Waals surface area contributed by atoms with Gasteiger partial charge in [-0.2, -0.15) is 0 Å². The second-order valence-electron chi connectivity index (χ2n) is 6.11. The van der Waals surface area contributed by atoms with Crippen molar-refractivity contribution in [3.63, 3.8) is 0 Å². The molecule has 0 saturated heterocycles. The Balaban J connectivity index is 2.12. The number of likely N-dealkylation sites (N-methyl/N-ethyl adjacent to an activating group) is 1. The van der Waals surface area contributed by atoms with Crippen LogP contribution in [0.4, 0.5) is 4.39 Å². The molecule has 5 nitrogen and oxygen atoms in total. The molecule has 1 heterocycles. The highest BCUT2D eigenvalue weighted by molar-refractivity contribution is 7.77. The van der Waals surface area contributed by atoms with Crippen molar-refractivity contribution >= 4 is 35.3 Å². The number of hydrogen-bond donors (Lipinski definition) is 1. The van der Waals surface area contributed by atoms with Crippen LogP contribution in [0.25, 0.3) is 0 Å². The number of ether oxygens (including phenoxy) is 1. The summed E-state index contributed by atoms with van der Waals surface area (Å²) in [4.78, 5) is 9.90. The molecule has 0 aliphatic heterocycles. The summed E-state index contributed by atoms with van der Waals surface area (Å²) in [5.41, 5.74) is 2.45. The number of aliphatic imine (C=N–C) groups is 1. The third-order valence-electron chi connectivity index (χ3n) is 4.09. The Bertz CT molecular complexity index is 860. The highest BCUT2D eigenvalue weighted by atomic mass is 35.5. The summed E-state index contributed by atoms with van der Waals surface area (Å²) in [5, 5.41) is 8.43. The number of benzene rings is 1. The van der Waals surface area contributed by atoms with E-state index in [2.05, 4.69) is 41.5 Å². The highest BCUT2D eigenvalue weighted by Gasteiger charge is 2.13. The van der Waals surface area contributed by atoms with Gasteiger partial charge in [-0.15, -0.1) is 4.99 Å². The van der Waals surface area contributed by atoms with Gasteiger partial charge in [0.15, 0.2) is 11.6 Å². The Hall–Kier alpha value is -1.96. The second-order valence-corrected chi connectivity index (χ2v) is 6.95. The number of hydrogen-bond acceptors (Lipinski definition) is 4. The fourth-order valence-electron chi connectivity index (χ4n) is 2.35. The number of halogens is 2. The Morgan fingerprint density at radius 1 is 1.37 bits per heavy atom. The fourth-order valence-corrected chi connectivity index (χ4v) is 2.79. The average molecular weight is 410 g/mol. The SMILES string of the molecule is CCN(C)CCc1cc(Cl)c(OC([SH2+])=NC(=N)c2cncc(F)c2)cc1C. The summed E-state index contributed by atoms with van der Waals surface area (Å²) in [5.74, 6) is -0.286. The monoisotopic (exact) mass is 409 g/mol. The predicted molar refractivity (Wildman–Crippen MR) is 112 cm³/mol. The van der Waals surface area contributed by atoms with E-state index in [1.165, 1.54) is 12.3 Å². The summed E-state index contributed by atoms with van der Waals surface area (Å²) < 4.78 is 18.8. The normalized spacial score (nSPS) is 11.7. The first-order valence-corrected chi connectivity index (χ1v) is 9.33. The van der Waals surface area contributed by atoms with Gasteiger partial charge in [0.1, 0.15) is 5.82 Å². The minimum Gasteiger partial charge on any atom is -0.401 e. The molecule has 0 bridgehead atoms. The molecule has 0 fully saturated rings. The maximum absolute atomic E-state index is 13.2. The molecule has 8 heteroatoms. The number of aryl methyl sites for hydroxylation is 1. The minimum atomic E-state index is -0.535. The lowest BCUT2D eigenvalue weighted by Crippen LogP contribution is -2.20. The molecule has 0 saturated carbocycles. The van der Waals surface area contributed by atoms with Gasteiger partial charge in [-0.05, 0) is 56.3 Å². The van der Waals surface area contributed by atoms with Gasteiger partial charge >= 0.3 is 5.23 Å². The zero-order chi connectivity index (χ0) is 20.0. The smallest absolute Gasteiger partial charge is 0.401 e. The molecule has 27 heavy (non-hydrogen) atoms. The Labute approximate surface area is 169 Å². The van der Waals surface area contributed by atoms with Gasteiger partial charge in [0, 0.05) is 18.3 Å². The average Bonchev–Trinajstić information content (AvgIpc) is 2.62. The van der Waals surface area contributed by atoms with Crippen LogP contribution in [0.2, 0.25) is 5.02 Å². The Morgan fingerprint density at radius 3 is 2.78 bits per heavy atom. The van der Waals surface area contributed by atoms with Crippen molar-refractivity contribution < 1.29 is 9.13 Å². The number of rotatable bonds is 6. The van der Waals surface area contributed by atoms with Crippen LogP contribution in [0, 0.1) is 18.2 Å². The lowest BCUT2D eigenvalue weighted by atomic mass is 10.1. The first kappa shape index (κ1) is 21.3. The molecule has 0 aliphatic rings. The van der Waals surface area contributed by atoms with Crippen molar-refractivity contribution in [2.45, 2.75) is 20.3 Å². The summed E-state index contributed by atoms with van der Waals surface area (Å²) in [7, 11) is 2.07. The molecular formula is C19H23ClFN4OS+. The van der Waals surface area contributed by atoms with Gasteiger partial charge in [-0.3, -0.25) is 10.4 Å². The maximum atomic E-state index is 13.2. The number of aromatic nitrogens is 1. The quantitative estimate of drug-likeness (QED) is 0.451. The van der Waals surface area contributed by atoms with E-state index >= 15 is 0 Å². The summed E-state index contributed by atoms with van der Waals surface area (Å²) in [6.45, 7) is 6.04. The third-order valence-corrected chi connectivity index (χ3v) is 4.60. The van der Waals surface area contributed by atoms with E-state index in [4.69, 9.17) is 21.7 Å². The largest absolute Gasteiger partial charge is 0.414 e. The van der Waals surface area contributed by atoms with E-state index in [1.54, 1.807) is 0 Å². The van der Waals surface area contributed by atoms with Crippen molar-refractivity contribution in [2.75, 3.05) is 20.1 Å². The van der Waals surface area contributed by atoms with Crippen LogP contribution in [0.3, 0.4) is 0 Å². The molecule has 0 atom stereocenters. The van der Waals surface area contributed by atoms with Crippen LogP contribution < -0.4 is 4.74 Å². The van der Waals surface area contributed by atoms with Crippen LogP contribution in [0.15, 0.2) is 35.6 Å². The molecule has 0 amide bonds. The highest BCUT2D eigenvalue weighted by Crippen LogP contribution is 2.29. The van der Waals surface area contributed by atoms with E-state index in [-0.39, 0.29) is 16.6 Å². The van der Waals surface area contributed by atoms with Gasteiger partial charge in [0.25, 0.3) is 0 Å². The first-order valence-electron chi connectivity index (χ1n) is 8.45. The molecule has 1 N–H and O–H groups in total. The van der Waals surface area contributed by atoms with Crippen LogP contribution in [0.1, 0.15) is 23.6 Å². The molecule has 1 aromatic heterocycles. The van der Waals surface area contributed by atoms with Gasteiger partial charge < -0.3 is 9.64 Å². The van der Waals surface area contributed by atoms with Crippen molar-refractivity contribution in [3.8, 4) is 5.75 Å². The molecule has 2 aromatic rings. The molecule has 0 radical (unpaired) electrons. The predicted octanol–water partition coefficient (Wildman–Crippen LogP) is 3.45. The van der Waals surface area contributed by atoms with Gasteiger partial charge in [0.2, 0.25) is 0 Å². The lowest BCUT2D eigenvalue weighted by Gasteiger charge is -2.15. The number of pyridine rings is 1. The van der Waals surface area contributed by atoms with Crippen molar-refractivity contribution in [2.24, 2.45) is 4.99 Å². The molecule has 0 aliphatic carbocycles. The maximum Gasteiger partial charge on any atom is 0.414 e.